The Hall–Kier alpha value is -4.66. The first-order valence-corrected chi connectivity index (χ1v) is 11.7. The van der Waals surface area contributed by atoms with Crippen LogP contribution in [0.3, 0.4) is 0 Å². The normalized spacial score (nSPS) is 14.6. The van der Waals surface area contributed by atoms with Crippen LogP contribution in [0.15, 0.2) is 69.9 Å². The number of methoxy groups -OCH3 is 2. The van der Waals surface area contributed by atoms with Crippen molar-refractivity contribution in [3.63, 3.8) is 0 Å². The molecule has 4 aromatic rings. The zero-order valence-electron chi connectivity index (χ0n) is 20.5. The Labute approximate surface area is 212 Å². The first-order valence-electron chi connectivity index (χ1n) is 11.7. The summed E-state index contributed by atoms with van der Waals surface area (Å²) >= 11 is 0. The van der Waals surface area contributed by atoms with E-state index in [2.05, 4.69) is 0 Å². The summed E-state index contributed by atoms with van der Waals surface area (Å²) in [5.74, 6) is 0.670. The van der Waals surface area contributed by atoms with Gasteiger partial charge in [-0.3, -0.25) is 19.7 Å². The summed E-state index contributed by atoms with van der Waals surface area (Å²) in [6, 6.07) is 15.9. The van der Waals surface area contributed by atoms with E-state index in [1.807, 2.05) is 25.1 Å². The maximum Gasteiger partial charge on any atom is 0.290 e. The van der Waals surface area contributed by atoms with Gasteiger partial charge in [-0.15, -0.1) is 0 Å². The van der Waals surface area contributed by atoms with Crippen molar-refractivity contribution in [1.82, 2.24) is 4.90 Å². The lowest BCUT2D eigenvalue weighted by Crippen LogP contribution is -2.31. The smallest absolute Gasteiger partial charge is 0.290 e. The predicted molar refractivity (Wildman–Crippen MR) is 136 cm³/mol. The molecule has 0 N–H and O–H groups in total. The molecule has 0 unspecified atom stereocenters. The number of rotatable bonds is 7. The number of ether oxygens (including phenoxy) is 2. The highest BCUT2D eigenvalue weighted by molar-refractivity contribution is 5.99. The minimum atomic E-state index is -0.830. The molecule has 0 saturated carbocycles. The molecule has 1 atom stereocenters. The summed E-state index contributed by atoms with van der Waals surface area (Å²) in [5.41, 5.74) is 2.30. The van der Waals surface area contributed by atoms with Crippen molar-refractivity contribution in [2.24, 2.45) is 0 Å². The maximum atomic E-state index is 13.7. The number of nitrogens with zero attached hydrogens (tertiary/aromatic N) is 2. The lowest BCUT2D eigenvalue weighted by molar-refractivity contribution is -0.384. The van der Waals surface area contributed by atoms with Gasteiger partial charge in [0.25, 0.3) is 11.6 Å². The minimum absolute atomic E-state index is 0.0369. The van der Waals surface area contributed by atoms with Gasteiger partial charge in [0.2, 0.25) is 5.76 Å². The Balaban J connectivity index is 1.62. The van der Waals surface area contributed by atoms with Gasteiger partial charge in [-0.2, -0.15) is 0 Å². The average molecular weight is 501 g/mol. The van der Waals surface area contributed by atoms with Gasteiger partial charge in [-0.25, -0.2) is 0 Å². The lowest BCUT2D eigenvalue weighted by atomic mass is 9.97. The van der Waals surface area contributed by atoms with Crippen LogP contribution in [0, 0.1) is 17.0 Å². The molecule has 1 amide bonds. The molecule has 9 heteroatoms. The Morgan fingerprint density at radius 2 is 1.78 bits per heavy atom. The van der Waals surface area contributed by atoms with Crippen LogP contribution in [0.4, 0.5) is 5.69 Å². The summed E-state index contributed by atoms with van der Waals surface area (Å²) in [6.07, 6.45) is 0.443. The monoisotopic (exact) mass is 500 g/mol. The summed E-state index contributed by atoms with van der Waals surface area (Å²) in [5, 5.41) is 11.8. The van der Waals surface area contributed by atoms with Crippen LogP contribution in [0.5, 0.6) is 11.5 Å². The molecule has 0 radical (unpaired) electrons. The third-order valence-electron chi connectivity index (χ3n) is 6.61. The number of fused-ring (bicyclic) bond motifs is 2. The van der Waals surface area contributed by atoms with E-state index in [1.165, 1.54) is 17.0 Å². The molecule has 1 aliphatic rings. The molecule has 0 bridgehead atoms. The van der Waals surface area contributed by atoms with Gasteiger partial charge in [0.15, 0.2) is 16.9 Å². The number of carbonyl (C=O) groups excluding carboxylic acids is 1. The van der Waals surface area contributed by atoms with E-state index in [-0.39, 0.29) is 29.0 Å². The topological polar surface area (TPSA) is 112 Å². The largest absolute Gasteiger partial charge is 0.493 e. The van der Waals surface area contributed by atoms with Crippen LogP contribution in [0.25, 0.3) is 11.0 Å². The molecule has 1 aromatic heterocycles. The second-order valence-corrected chi connectivity index (χ2v) is 8.87. The van der Waals surface area contributed by atoms with Gasteiger partial charge in [0.05, 0.1) is 36.1 Å². The van der Waals surface area contributed by atoms with Gasteiger partial charge < -0.3 is 18.8 Å². The fraction of sp³-hybridized carbons (Fsp3) is 0.214. The van der Waals surface area contributed by atoms with Gasteiger partial charge in [-0.1, -0.05) is 29.8 Å². The fourth-order valence-corrected chi connectivity index (χ4v) is 4.81. The molecule has 1 aliphatic heterocycles. The number of hydrogen-bond donors (Lipinski definition) is 0. The maximum absolute atomic E-state index is 13.7. The van der Waals surface area contributed by atoms with E-state index < -0.39 is 16.9 Å². The van der Waals surface area contributed by atoms with E-state index in [1.54, 1.807) is 44.6 Å². The summed E-state index contributed by atoms with van der Waals surface area (Å²) < 4.78 is 16.7. The molecule has 2 heterocycles. The molecular formula is C28H24N2O7. The second-order valence-electron chi connectivity index (χ2n) is 8.87. The molecule has 188 valence electrons. The fourth-order valence-electron chi connectivity index (χ4n) is 4.81. The van der Waals surface area contributed by atoms with Crippen LogP contribution < -0.4 is 14.9 Å². The van der Waals surface area contributed by atoms with Crippen LogP contribution >= 0.6 is 0 Å². The zero-order valence-corrected chi connectivity index (χ0v) is 20.5. The second kappa shape index (κ2) is 9.42. The molecule has 9 nitrogen and oxygen atoms in total. The van der Waals surface area contributed by atoms with Crippen molar-refractivity contribution >= 4 is 22.6 Å². The average Bonchev–Trinajstić information content (AvgIpc) is 3.19. The number of aryl methyl sites for hydroxylation is 1. The lowest BCUT2D eigenvalue weighted by Gasteiger charge is -2.25. The highest BCUT2D eigenvalue weighted by Crippen LogP contribution is 2.39. The van der Waals surface area contributed by atoms with Crippen LogP contribution in [0.2, 0.25) is 0 Å². The van der Waals surface area contributed by atoms with Crippen LogP contribution in [-0.2, 0) is 6.42 Å². The van der Waals surface area contributed by atoms with Crippen molar-refractivity contribution < 1.29 is 23.6 Å². The molecule has 0 spiro atoms. The van der Waals surface area contributed by atoms with Crippen molar-refractivity contribution in [2.45, 2.75) is 19.4 Å². The van der Waals surface area contributed by atoms with Crippen molar-refractivity contribution in [3.8, 4) is 11.5 Å². The van der Waals surface area contributed by atoms with Gasteiger partial charge in [0, 0.05) is 18.7 Å². The molecule has 5 rings (SSSR count). The van der Waals surface area contributed by atoms with Crippen molar-refractivity contribution in [2.75, 3.05) is 20.8 Å². The number of hydrogen-bond acceptors (Lipinski definition) is 7. The Morgan fingerprint density at radius 3 is 2.51 bits per heavy atom. The number of non-ortho nitro benzene ring substituents is 1. The minimum Gasteiger partial charge on any atom is -0.493 e. The van der Waals surface area contributed by atoms with Crippen molar-refractivity contribution in [3.05, 3.63) is 109 Å². The van der Waals surface area contributed by atoms with Gasteiger partial charge in [0.1, 0.15) is 5.58 Å². The number of nitro groups is 1. The Morgan fingerprint density at radius 1 is 1.00 bits per heavy atom. The number of benzene rings is 3. The quantitative estimate of drug-likeness (QED) is 0.264. The number of carbonyl (C=O) groups is 1. The third kappa shape index (κ3) is 4.18. The highest BCUT2D eigenvalue weighted by atomic mass is 16.6. The summed E-state index contributed by atoms with van der Waals surface area (Å²) in [6.45, 7) is 2.10. The molecular weight excluding hydrogens is 476 g/mol. The Bertz CT molecular complexity index is 1610. The van der Waals surface area contributed by atoms with E-state index >= 15 is 0 Å². The molecule has 0 saturated heterocycles. The van der Waals surface area contributed by atoms with E-state index in [9.17, 15) is 19.7 Å². The number of amides is 1. The van der Waals surface area contributed by atoms with E-state index in [4.69, 9.17) is 13.9 Å². The van der Waals surface area contributed by atoms with Gasteiger partial charge >= 0.3 is 0 Å². The highest BCUT2D eigenvalue weighted by Gasteiger charge is 2.42. The van der Waals surface area contributed by atoms with E-state index in [0.717, 1.165) is 11.1 Å². The molecule has 37 heavy (non-hydrogen) atoms. The molecule has 0 fully saturated rings. The zero-order chi connectivity index (χ0) is 26.3. The SMILES string of the molecule is COc1ccc(CCN2C(=O)c3oc4ccc(C)cc4c(=O)c3[C@H]2c2cccc([N+](=O)[O-])c2)cc1OC. The standard InChI is InChI=1S/C28H24N2O7/c1-16-7-9-21-20(13-16)26(31)24-25(18-5-4-6-19(15-18)30(33)34)29(28(32)27(24)37-21)12-11-17-8-10-22(35-2)23(14-17)36-3/h4-10,13-15,25H,11-12H2,1-3H3/t25-/m1/s1. The van der Waals surface area contributed by atoms with Crippen LogP contribution in [-0.4, -0.2) is 36.5 Å². The van der Waals surface area contributed by atoms with Crippen molar-refractivity contribution in [1.29, 1.82) is 0 Å². The van der Waals surface area contributed by atoms with E-state index in [0.29, 0.717) is 34.5 Å². The predicted octanol–water partition coefficient (Wildman–Crippen LogP) is 4.81. The first kappa shape index (κ1) is 24.1. The summed E-state index contributed by atoms with van der Waals surface area (Å²) in [7, 11) is 3.10. The third-order valence-corrected chi connectivity index (χ3v) is 6.61. The first-order chi connectivity index (χ1) is 17.8. The van der Waals surface area contributed by atoms with Gasteiger partial charge in [-0.05, 0) is 48.7 Å². The molecule has 3 aromatic carbocycles. The number of nitro benzene ring substituents is 1. The van der Waals surface area contributed by atoms with Crippen LogP contribution in [0.1, 0.15) is 38.9 Å². The Kier molecular flexibility index (Phi) is 6.12. The summed E-state index contributed by atoms with van der Waals surface area (Å²) in [4.78, 5) is 39.8. The molecule has 0 aliphatic carbocycles.